The molecule has 3 rings (SSSR count). The minimum atomic E-state index is -3.75. The average Bonchev–Trinajstić information content (AvgIpc) is 2.57. The highest BCUT2D eigenvalue weighted by Crippen LogP contribution is 2.30. The maximum absolute atomic E-state index is 12.8. The van der Waals surface area contributed by atoms with Gasteiger partial charge >= 0.3 is 0 Å². The van der Waals surface area contributed by atoms with Gasteiger partial charge in [-0.3, -0.25) is 0 Å². The summed E-state index contributed by atoms with van der Waals surface area (Å²) < 4.78 is 28.5. The molecular formula is C17H22ClN5O2S. The minimum Gasteiger partial charge on any atom is -0.368 e. The first-order chi connectivity index (χ1) is 12.3. The van der Waals surface area contributed by atoms with Crippen molar-refractivity contribution in [2.45, 2.75) is 49.6 Å². The van der Waals surface area contributed by atoms with Gasteiger partial charge < -0.3 is 11.5 Å². The Balaban J connectivity index is 1.91. The largest absolute Gasteiger partial charge is 0.368 e. The average molecular weight is 396 g/mol. The molecule has 9 heteroatoms. The van der Waals surface area contributed by atoms with E-state index in [0.29, 0.717) is 16.8 Å². The summed E-state index contributed by atoms with van der Waals surface area (Å²) >= 11 is 6.18. The topological polar surface area (TPSA) is 124 Å². The van der Waals surface area contributed by atoms with Gasteiger partial charge in [0, 0.05) is 23.8 Å². The van der Waals surface area contributed by atoms with Gasteiger partial charge in [-0.1, -0.05) is 17.7 Å². The number of hydrogen-bond acceptors (Lipinski definition) is 6. The molecule has 0 spiro atoms. The molecule has 140 valence electrons. The van der Waals surface area contributed by atoms with Crippen LogP contribution in [0.2, 0.25) is 5.02 Å². The van der Waals surface area contributed by atoms with Crippen LogP contribution in [0.5, 0.6) is 0 Å². The van der Waals surface area contributed by atoms with Crippen molar-refractivity contribution in [3.05, 3.63) is 35.1 Å². The monoisotopic (exact) mass is 395 g/mol. The minimum absolute atomic E-state index is 0.0442. The second kappa shape index (κ2) is 7.48. The van der Waals surface area contributed by atoms with Gasteiger partial charge in [0.2, 0.25) is 16.0 Å². The van der Waals surface area contributed by atoms with Crippen LogP contribution < -0.4 is 16.2 Å². The number of aryl methyl sites for hydroxylation is 1. The van der Waals surface area contributed by atoms with E-state index in [1.807, 2.05) is 0 Å². The van der Waals surface area contributed by atoms with Gasteiger partial charge in [0.05, 0.1) is 10.7 Å². The van der Waals surface area contributed by atoms with E-state index in [-0.39, 0.29) is 28.0 Å². The highest BCUT2D eigenvalue weighted by molar-refractivity contribution is 7.89. The van der Waals surface area contributed by atoms with Crippen LogP contribution in [0.3, 0.4) is 0 Å². The zero-order valence-corrected chi connectivity index (χ0v) is 16.0. The van der Waals surface area contributed by atoms with E-state index < -0.39 is 10.0 Å². The molecule has 2 aromatic rings. The van der Waals surface area contributed by atoms with Gasteiger partial charge in [0.1, 0.15) is 4.90 Å². The Morgan fingerprint density at radius 2 is 1.92 bits per heavy atom. The number of aromatic nitrogens is 2. The van der Waals surface area contributed by atoms with Gasteiger partial charge in [-0.2, -0.15) is 0 Å². The predicted octanol–water partition coefficient (Wildman–Crippen LogP) is 2.24. The summed E-state index contributed by atoms with van der Waals surface area (Å²) in [4.78, 5) is 8.15. The molecule has 0 bridgehead atoms. The molecule has 0 aliphatic heterocycles. The first-order valence-corrected chi connectivity index (χ1v) is 10.3. The fourth-order valence-corrected chi connectivity index (χ4v) is 5.00. The Hall–Kier alpha value is -1.74. The van der Waals surface area contributed by atoms with Crippen molar-refractivity contribution in [3.63, 3.8) is 0 Å². The molecule has 1 saturated carbocycles. The number of benzene rings is 1. The lowest BCUT2D eigenvalue weighted by atomic mass is 9.93. The summed E-state index contributed by atoms with van der Waals surface area (Å²) in [5.74, 6) is 0.172. The predicted molar refractivity (Wildman–Crippen MR) is 102 cm³/mol. The van der Waals surface area contributed by atoms with Crippen molar-refractivity contribution in [2.75, 3.05) is 5.73 Å². The van der Waals surface area contributed by atoms with E-state index in [0.717, 1.165) is 25.7 Å². The molecule has 0 unspecified atom stereocenters. The number of sulfonamides is 1. The van der Waals surface area contributed by atoms with Crippen molar-refractivity contribution < 1.29 is 8.42 Å². The number of nitrogen functional groups attached to an aromatic ring is 1. The second-order valence-corrected chi connectivity index (χ2v) is 8.70. The lowest BCUT2D eigenvalue weighted by molar-refractivity contribution is 0.373. The second-order valence-electron chi connectivity index (χ2n) is 6.61. The Morgan fingerprint density at radius 3 is 2.58 bits per heavy atom. The number of rotatable bonds is 4. The number of anilines is 1. The Morgan fingerprint density at radius 1 is 1.23 bits per heavy atom. The zero-order valence-electron chi connectivity index (χ0n) is 14.4. The smallest absolute Gasteiger partial charge is 0.242 e. The van der Waals surface area contributed by atoms with Crippen LogP contribution in [-0.4, -0.2) is 30.5 Å². The summed E-state index contributed by atoms with van der Waals surface area (Å²) in [6.07, 6.45) is 4.64. The molecule has 0 saturated heterocycles. The van der Waals surface area contributed by atoms with E-state index in [4.69, 9.17) is 23.1 Å². The van der Waals surface area contributed by atoms with Crippen LogP contribution in [0.4, 0.5) is 5.95 Å². The standard InChI is InChI=1S/C17H22ClN5O2S/c1-10-14(9-21-17(20)22-10)11-2-7-15(18)16(8-11)26(24,25)23-13-5-3-12(19)4-6-13/h2,7-9,12-13,23H,3-6,19H2,1H3,(H2,20,21,22)/t12-,13+. The third-order valence-electron chi connectivity index (χ3n) is 4.62. The maximum atomic E-state index is 12.8. The van der Waals surface area contributed by atoms with Crippen molar-refractivity contribution in [1.82, 2.24) is 14.7 Å². The fraction of sp³-hybridized carbons (Fsp3) is 0.412. The van der Waals surface area contributed by atoms with Gasteiger partial charge in [-0.05, 0) is 50.3 Å². The SMILES string of the molecule is Cc1nc(N)ncc1-c1ccc(Cl)c(S(=O)(=O)N[C@H]2CC[C@@H](N)CC2)c1. The fourth-order valence-electron chi connectivity index (χ4n) is 3.17. The van der Waals surface area contributed by atoms with Crippen LogP contribution in [0.15, 0.2) is 29.3 Å². The Bertz CT molecular complexity index is 911. The van der Waals surface area contributed by atoms with Crippen LogP contribution in [0.1, 0.15) is 31.4 Å². The Labute approximate surface area is 158 Å². The van der Waals surface area contributed by atoms with Crippen molar-refractivity contribution >= 4 is 27.6 Å². The molecule has 1 aromatic heterocycles. The summed E-state index contributed by atoms with van der Waals surface area (Å²) in [6, 6.07) is 4.87. The third kappa shape index (κ3) is 4.15. The van der Waals surface area contributed by atoms with E-state index in [9.17, 15) is 8.42 Å². The van der Waals surface area contributed by atoms with Gasteiger partial charge in [0.25, 0.3) is 0 Å². The molecule has 1 aliphatic rings. The molecular weight excluding hydrogens is 374 g/mol. The van der Waals surface area contributed by atoms with Crippen LogP contribution in [0.25, 0.3) is 11.1 Å². The normalized spacial score (nSPS) is 20.9. The summed E-state index contributed by atoms with van der Waals surface area (Å²) in [5, 5.41) is 0.169. The zero-order chi connectivity index (χ0) is 18.9. The molecule has 0 radical (unpaired) electrons. The van der Waals surface area contributed by atoms with E-state index in [1.165, 1.54) is 0 Å². The van der Waals surface area contributed by atoms with Gasteiger partial charge in [0.15, 0.2) is 0 Å². The first kappa shape index (κ1) is 19.0. The number of nitrogens with one attached hydrogen (secondary N) is 1. The van der Waals surface area contributed by atoms with Crippen molar-refractivity contribution in [3.8, 4) is 11.1 Å². The number of hydrogen-bond donors (Lipinski definition) is 3. The molecule has 0 atom stereocenters. The summed E-state index contributed by atoms with van der Waals surface area (Å²) in [6.45, 7) is 1.79. The number of halogens is 1. The number of nitrogens with two attached hydrogens (primary N) is 2. The van der Waals surface area contributed by atoms with Gasteiger partial charge in [-0.25, -0.2) is 23.1 Å². The molecule has 1 fully saturated rings. The summed E-state index contributed by atoms with van der Waals surface area (Å²) in [7, 11) is -3.75. The molecule has 1 aliphatic carbocycles. The molecule has 0 amide bonds. The molecule has 5 N–H and O–H groups in total. The molecule has 7 nitrogen and oxygen atoms in total. The molecule has 1 heterocycles. The van der Waals surface area contributed by atoms with Gasteiger partial charge in [-0.15, -0.1) is 0 Å². The lowest BCUT2D eigenvalue weighted by Gasteiger charge is -2.26. The van der Waals surface area contributed by atoms with E-state index >= 15 is 0 Å². The summed E-state index contributed by atoms with van der Waals surface area (Å²) in [5.41, 5.74) is 13.5. The molecule has 26 heavy (non-hydrogen) atoms. The molecule has 1 aromatic carbocycles. The quantitative estimate of drug-likeness (QED) is 0.729. The lowest BCUT2D eigenvalue weighted by Crippen LogP contribution is -2.40. The van der Waals surface area contributed by atoms with E-state index in [1.54, 1.807) is 31.3 Å². The van der Waals surface area contributed by atoms with E-state index in [2.05, 4.69) is 14.7 Å². The maximum Gasteiger partial charge on any atom is 0.242 e. The third-order valence-corrected chi connectivity index (χ3v) is 6.63. The van der Waals surface area contributed by atoms with Crippen LogP contribution >= 0.6 is 11.6 Å². The van der Waals surface area contributed by atoms with Crippen molar-refractivity contribution in [1.29, 1.82) is 0 Å². The van der Waals surface area contributed by atoms with Crippen molar-refractivity contribution in [2.24, 2.45) is 5.73 Å². The highest BCUT2D eigenvalue weighted by Gasteiger charge is 2.26. The van der Waals surface area contributed by atoms with Crippen LogP contribution in [0, 0.1) is 6.92 Å². The highest BCUT2D eigenvalue weighted by atomic mass is 35.5. The number of nitrogens with zero attached hydrogens (tertiary/aromatic N) is 2. The Kier molecular flexibility index (Phi) is 5.47. The first-order valence-electron chi connectivity index (χ1n) is 8.43. The van der Waals surface area contributed by atoms with Crippen LogP contribution in [-0.2, 0) is 10.0 Å².